The summed E-state index contributed by atoms with van der Waals surface area (Å²) in [7, 11) is 1.59. The van der Waals surface area contributed by atoms with Gasteiger partial charge in [0.05, 0.1) is 31.5 Å². The molecule has 3 rings (SSSR count). The number of rotatable bonds is 7. The third-order valence-corrected chi connectivity index (χ3v) is 4.45. The maximum Gasteiger partial charge on any atom is 0.387 e. The van der Waals surface area contributed by atoms with Crippen LogP contribution in [-0.4, -0.2) is 38.9 Å². The maximum absolute atomic E-state index is 12.9. The summed E-state index contributed by atoms with van der Waals surface area (Å²) in [6.45, 7) is 1.61. The molecule has 0 unspecified atom stereocenters. The summed E-state index contributed by atoms with van der Waals surface area (Å²) in [5.74, 6) is 0.173. The van der Waals surface area contributed by atoms with Crippen LogP contribution in [-0.2, 0) is 11.3 Å². The molecule has 0 spiro atoms. The summed E-state index contributed by atoms with van der Waals surface area (Å²) in [5, 5.41) is 0. The summed E-state index contributed by atoms with van der Waals surface area (Å²) in [4.78, 5) is 14.4. The molecule has 0 saturated heterocycles. The molecule has 0 N–H and O–H groups in total. The highest BCUT2D eigenvalue weighted by atomic mass is 19.3. The molecule has 0 amide bonds. The number of carbonyl (C=O) groups excluding carboxylic acids is 1. The molecule has 8 heteroatoms. The van der Waals surface area contributed by atoms with Gasteiger partial charge in [-0.25, -0.2) is 4.79 Å². The lowest BCUT2D eigenvalue weighted by Crippen LogP contribution is -2.39. The first kappa shape index (κ1) is 20.7. The molecule has 1 aliphatic rings. The number of hydrogen-bond acceptors (Lipinski definition) is 6. The van der Waals surface area contributed by atoms with Crippen LogP contribution in [0.2, 0.25) is 0 Å². The first-order valence-corrected chi connectivity index (χ1v) is 9.26. The van der Waals surface area contributed by atoms with Crippen LogP contribution >= 0.6 is 0 Å². The number of fused-ring (bicyclic) bond motifs is 1. The Kier molecular flexibility index (Phi) is 6.41. The monoisotopic (exact) mass is 407 g/mol. The third-order valence-electron chi connectivity index (χ3n) is 4.45. The van der Waals surface area contributed by atoms with E-state index in [0.29, 0.717) is 18.8 Å². The summed E-state index contributed by atoms with van der Waals surface area (Å²) in [5.41, 5.74) is 1.58. The van der Waals surface area contributed by atoms with E-state index in [1.807, 2.05) is 36.1 Å². The molecule has 0 aliphatic carbocycles. The van der Waals surface area contributed by atoms with Crippen molar-refractivity contribution in [2.24, 2.45) is 0 Å². The van der Waals surface area contributed by atoms with Gasteiger partial charge in [0.25, 0.3) is 0 Å². The zero-order valence-electron chi connectivity index (χ0n) is 16.5. The minimum absolute atomic E-state index is 0.114. The summed E-state index contributed by atoms with van der Waals surface area (Å²) < 4.78 is 46.5. The Hall–Kier alpha value is -3.03. The van der Waals surface area contributed by atoms with Crippen LogP contribution in [0, 0.1) is 0 Å². The second-order valence-electron chi connectivity index (χ2n) is 6.55. The molecule has 0 aromatic heterocycles. The number of anilines is 1. The smallest absolute Gasteiger partial charge is 0.387 e. The van der Waals surface area contributed by atoms with Crippen LogP contribution in [0.4, 0.5) is 14.5 Å². The average Bonchev–Trinajstić information content (AvgIpc) is 2.68. The SMILES string of the molecule is CCOC(=O)c1ccc(OC(F)F)c2c1N(Cc1ccc(OC)cc1)C[C@@H](C)O2. The van der Waals surface area contributed by atoms with Gasteiger partial charge in [-0.15, -0.1) is 0 Å². The number of carbonyl (C=O) groups is 1. The Morgan fingerprint density at radius 3 is 2.59 bits per heavy atom. The van der Waals surface area contributed by atoms with Crippen LogP contribution in [0.5, 0.6) is 17.2 Å². The lowest BCUT2D eigenvalue weighted by Gasteiger charge is -2.36. The maximum atomic E-state index is 12.9. The highest BCUT2D eigenvalue weighted by Crippen LogP contribution is 2.45. The van der Waals surface area contributed by atoms with E-state index >= 15 is 0 Å². The molecule has 156 valence electrons. The molecule has 1 atom stereocenters. The van der Waals surface area contributed by atoms with E-state index in [0.717, 1.165) is 11.3 Å². The molecule has 0 radical (unpaired) electrons. The molecule has 2 aromatic rings. The Bertz CT molecular complexity index is 857. The van der Waals surface area contributed by atoms with Gasteiger partial charge in [-0.05, 0) is 43.7 Å². The molecule has 0 bridgehead atoms. The van der Waals surface area contributed by atoms with E-state index in [4.69, 9.17) is 14.2 Å². The molecule has 1 aliphatic heterocycles. The Morgan fingerprint density at radius 2 is 1.97 bits per heavy atom. The molecule has 0 saturated carbocycles. The predicted molar refractivity (Wildman–Crippen MR) is 103 cm³/mol. The lowest BCUT2D eigenvalue weighted by atomic mass is 10.1. The molecule has 6 nitrogen and oxygen atoms in total. The van der Waals surface area contributed by atoms with Gasteiger partial charge in [-0.2, -0.15) is 8.78 Å². The number of nitrogens with zero attached hydrogens (tertiary/aromatic N) is 1. The normalized spacial score (nSPS) is 15.5. The fourth-order valence-corrected chi connectivity index (χ4v) is 3.28. The fraction of sp³-hybridized carbons (Fsp3) is 0.381. The van der Waals surface area contributed by atoms with Crippen molar-refractivity contribution < 1.29 is 32.5 Å². The second kappa shape index (κ2) is 8.98. The van der Waals surface area contributed by atoms with Crippen molar-refractivity contribution in [3.63, 3.8) is 0 Å². The largest absolute Gasteiger partial charge is 0.497 e. The van der Waals surface area contributed by atoms with Crippen molar-refractivity contribution in [1.82, 2.24) is 0 Å². The summed E-state index contributed by atoms with van der Waals surface area (Å²) >= 11 is 0. The number of esters is 1. The Balaban J connectivity index is 2.04. The van der Waals surface area contributed by atoms with Crippen molar-refractivity contribution >= 4 is 11.7 Å². The number of alkyl halides is 2. The van der Waals surface area contributed by atoms with Crippen molar-refractivity contribution in [3.8, 4) is 17.2 Å². The van der Waals surface area contributed by atoms with Gasteiger partial charge >= 0.3 is 12.6 Å². The predicted octanol–water partition coefficient (Wildman–Crippen LogP) is 4.26. The van der Waals surface area contributed by atoms with E-state index < -0.39 is 12.6 Å². The fourth-order valence-electron chi connectivity index (χ4n) is 3.28. The van der Waals surface area contributed by atoms with Gasteiger partial charge in [0.1, 0.15) is 11.9 Å². The summed E-state index contributed by atoms with van der Waals surface area (Å²) in [6, 6.07) is 10.2. The number of ether oxygens (including phenoxy) is 4. The second-order valence-corrected chi connectivity index (χ2v) is 6.55. The highest BCUT2D eigenvalue weighted by Gasteiger charge is 2.32. The van der Waals surface area contributed by atoms with E-state index in [1.54, 1.807) is 14.0 Å². The molecule has 0 fully saturated rings. The number of halogens is 2. The van der Waals surface area contributed by atoms with Crippen LogP contribution in [0.15, 0.2) is 36.4 Å². The number of methoxy groups -OCH3 is 1. The Labute approximate surface area is 167 Å². The molecular weight excluding hydrogens is 384 g/mol. The molecule has 1 heterocycles. The quantitative estimate of drug-likeness (QED) is 0.640. The first-order chi connectivity index (χ1) is 13.9. The molecular formula is C21H23F2NO5. The number of benzene rings is 2. The minimum atomic E-state index is -3.01. The zero-order valence-corrected chi connectivity index (χ0v) is 16.5. The van der Waals surface area contributed by atoms with Gasteiger partial charge in [-0.1, -0.05) is 12.1 Å². The first-order valence-electron chi connectivity index (χ1n) is 9.26. The van der Waals surface area contributed by atoms with Gasteiger partial charge in [0.15, 0.2) is 11.5 Å². The van der Waals surface area contributed by atoms with E-state index in [1.165, 1.54) is 12.1 Å². The van der Waals surface area contributed by atoms with Gasteiger partial charge < -0.3 is 23.8 Å². The van der Waals surface area contributed by atoms with Crippen molar-refractivity contribution in [1.29, 1.82) is 0 Å². The van der Waals surface area contributed by atoms with Crippen LogP contribution in [0.1, 0.15) is 29.8 Å². The van der Waals surface area contributed by atoms with Crippen LogP contribution in [0.25, 0.3) is 0 Å². The van der Waals surface area contributed by atoms with Gasteiger partial charge in [0, 0.05) is 6.54 Å². The van der Waals surface area contributed by atoms with Crippen LogP contribution in [0.3, 0.4) is 0 Å². The Morgan fingerprint density at radius 1 is 1.24 bits per heavy atom. The van der Waals surface area contributed by atoms with Crippen molar-refractivity contribution in [2.75, 3.05) is 25.2 Å². The third kappa shape index (κ3) is 4.70. The van der Waals surface area contributed by atoms with E-state index in [2.05, 4.69) is 4.74 Å². The van der Waals surface area contributed by atoms with E-state index in [9.17, 15) is 13.6 Å². The van der Waals surface area contributed by atoms with Gasteiger partial charge in [-0.3, -0.25) is 0 Å². The van der Waals surface area contributed by atoms with Crippen molar-refractivity contribution in [2.45, 2.75) is 33.1 Å². The van der Waals surface area contributed by atoms with E-state index in [-0.39, 0.29) is 29.8 Å². The topological polar surface area (TPSA) is 57.2 Å². The minimum Gasteiger partial charge on any atom is -0.497 e. The number of hydrogen-bond donors (Lipinski definition) is 0. The van der Waals surface area contributed by atoms with Gasteiger partial charge in [0.2, 0.25) is 0 Å². The van der Waals surface area contributed by atoms with Crippen LogP contribution < -0.4 is 19.1 Å². The summed E-state index contributed by atoms with van der Waals surface area (Å²) in [6.07, 6.45) is -0.293. The molecule has 29 heavy (non-hydrogen) atoms. The zero-order chi connectivity index (χ0) is 21.0. The molecule has 2 aromatic carbocycles. The standard InChI is InChI=1S/C21H23F2NO5/c1-4-27-20(25)16-9-10-17(29-21(22)23)19-18(16)24(11-13(2)28-19)12-14-5-7-15(26-3)8-6-14/h5-10,13,21H,4,11-12H2,1-3H3/t13-/m1/s1. The average molecular weight is 407 g/mol. The highest BCUT2D eigenvalue weighted by molar-refractivity contribution is 5.98. The lowest BCUT2D eigenvalue weighted by molar-refractivity contribution is -0.0521. The van der Waals surface area contributed by atoms with Crippen molar-refractivity contribution in [3.05, 3.63) is 47.5 Å².